The Morgan fingerprint density at radius 1 is 1.19 bits per heavy atom. The van der Waals surface area contributed by atoms with E-state index in [4.69, 9.17) is 0 Å². The molecule has 1 saturated heterocycles. The number of hydrogen-bond donors (Lipinski definition) is 1. The molecule has 0 unspecified atom stereocenters. The Labute approximate surface area is 178 Å². The number of nitrogens with one attached hydrogen (secondary N) is 1. The fourth-order valence-electron chi connectivity index (χ4n) is 3.34. The molecule has 0 radical (unpaired) electrons. The number of guanidine groups is 1. The van der Waals surface area contributed by atoms with Crippen LogP contribution in [-0.2, 0) is 20.1 Å². The van der Waals surface area contributed by atoms with Crippen molar-refractivity contribution in [2.45, 2.75) is 32.4 Å². The molecule has 1 N–H and O–H groups in total. The first kappa shape index (κ1) is 21.5. The standard InChI is InChI=1S/C19H29N7.HI/c1-20-19(21-13-18-22-15-23-25(18)3)24(2)14-16-7-9-17(10-8-16)26-11-5-4-6-12-26;/h7-10,15H,4-6,11-14H2,1-3H3,(H,20,21);1H. The molecule has 0 saturated carbocycles. The molecule has 0 bridgehead atoms. The normalized spacial score (nSPS) is 14.6. The van der Waals surface area contributed by atoms with E-state index in [1.165, 1.54) is 43.6 Å². The van der Waals surface area contributed by atoms with Crippen molar-refractivity contribution in [3.8, 4) is 0 Å². The Bertz CT molecular complexity index is 720. The molecule has 0 aliphatic carbocycles. The van der Waals surface area contributed by atoms with Crippen LogP contribution in [0.1, 0.15) is 30.7 Å². The minimum absolute atomic E-state index is 0. The maximum Gasteiger partial charge on any atom is 0.194 e. The SMILES string of the molecule is CN=C(NCc1ncnn1C)N(C)Cc1ccc(N2CCCCC2)cc1.I. The van der Waals surface area contributed by atoms with Gasteiger partial charge in [0.25, 0.3) is 0 Å². The van der Waals surface area contributed by atoms with E-state index < -0.39 is 0 Å². The second kappa shape index (κ2) is 10.5. The van der Waals surface area contributed by atoms with Crippen LogP contribution in [0, 0.1) is 0 Å². The number of benzene rings is 1. The third kappa shape index (κ3) is 5.82. The van der Waals surface area contributed by atoms with Crippen LogP contribution in [-0.4, -0.2) is 52.8 Å². The summed E-state index contributed by atoms with van der Waals surface area (Å²) < 4.78 is 1.76. The fraction of sp³-hybridized carbons (Fsp3) is 0.526. The highest BCUT2D eigenvalue weighted by molar-refractivity contribution is 14.0. The molecule has 1 aromatic carbocycles. The van der Waals surface area contributed by atoms with Crippen LogP contribution in [0.5, 0.6) is 0 Å². The van der Waals surface area contributed by atoms with Crippen molar-refractivity contribution in [3.63, 3.8) is 0 Å². The van der Waals surface area contributed by atoms with Gasteiger partial charge in [-0.1, -0.05) is 12.1 Å². The van der Waals surface area contributed by atoms with E-state index in [9.17, 15) is 0 Å². The quantitative estimate of drug-likeness (QED) is 0.403. The largest absolute Gasteiger partial charge is 0.372 e. The van der Waals surface area contributed by atoms with Crippen molar-refractivity contribution < 1.29 is 0 Å². The number of piperidine rings is 1. The van der Waals surface area contributed by atoms with Crippen molar-refractivity contribution in [1.29, 1.82) is 0 Å². The van der Waals surface area contributed by atoms with E-state index in [1.807, 2.05) is 14.1 Å². The number of hydrogen-bond acceptors (Lipinski definition) is 4. The third-order valence-electron chi connectivity index (χ3n) is 4.86. The Kier molecular flexibility index (Phi) is 8.33. The Morgan fingerprint density at radius 3 is 2.48 bits per heavy atom. The first-order valence-corrected chi connectivity index (χ1v) is 9.26. The summed E-state index contributed by atoms with van der Waals surface area (Å²) in [6.45, 7) is 3.76. The lowest BCUT2D eigenvalue weighted by molar-refractivity contribution is 0.474. The summed E-state index contributed by atoms with van der Waals surface area (Å²) in [6.07, 6.45) is 5.53. The van der Waals surface area contributed by atoms with E-state index in [1.54, 1.807) is 18.1 Å². The summed E-state index contributed by atoms with van der Waals surface area (Å²) in [7, 11) is 5.74. The van der Waals surface area contributed by atoms with Gasteiger partial charge in [0.05, 0.1) is 6.54 Å². The van der Waals surface area contributed by atoms with E-state index in [0.717, 1.165) is 18.3 Å². The smallest absolute Gasteiger partial charge is 0.194 e. The fourth-order valence-corrected chi connectivity index (χ4v) is 3.34. The summed E-state index contributed by atoms with van der Waals surface area (Å²) in [5.41, 5.74) is 2.61. The highest BCUT2D eigenvalue weighted by Gasteiger charge is 2.12. The van der Waals surface area contributed by atoms with Crippen LogP contribution in [0.3, 0.4) is 0 Å². The average Bonchev–Trinajstić information content (AvgIpc) is 3.08. The van der Waals surface area contributed by atoms with Crippen molar-refractivity contribution in [2.75, 3.05) is 32.1 Å². The molecule has 0 amide bonds. The van der Waals surface area contributed by atoms with Crippen LogP contribution in [0.2, 0.25) is 0 Å². The lowest BCUT2D eigenvalue weighted by Gasteiger charge is -2.29. The molecule has 8 heteroatoms. The average molecular weight is 483 g/mol. The van der Waals surface area contributed by atoms with Gasteiger partial charge in [-0.3, -0.25) is 9.67 Å². The molecule has 2 aromatic rings. The topological polar surface area (TPSA) is 61.6 Å². The zero-order valence-electron chi connectivity index (χ0n) is 16.4. The highest BCUT2D eigenvalue weighted by Crippen LogP contribution is 2.20. The van der Waals surface area contributed by atoms with Gasteiger partial charge >= 0.3 is 0 Å². The molecule has 3 rings (SSSR count). The molecule has 1 aliphatic rings. The van der Waals surface area contributed by atoms with Gasteiger partial charge in [-0.05, 0) is 37.0 Å². The second-order valence-corrected chi connectivity index (χ2v) is 6.77. The van der Waals surface area contributed by atoms with Gasteiger partial charge < -0.3 is 15.1 Å². The third-order valence-corrected chi connectivity index (χ3v) is 4.86. The lowest BCUT2D eigenvalue weighted by Crippen LogP contribution is -2.38. The summed E-state index contributed by atoms with van der Waals surface area (Å²) in [5.74, 6) is 1.72. The second-order valence-electron chi connectivity index (χ2n) is 6.77. The summed E-state index contributed by atoms with van der Waals surface area (Å²) in [6, 6.07) is 8.92. The summed E-state index contributed by atoms with van der Waals surface area (Å²) in [5, 5.41) is 7.43. The molecule has 1 aromatic heterocycles. The number of aromatic nitrogens is 3. The van der Waals surface area contributed by atoms with E-state index in [2.05, 4.69) is 54.5 Å². The monoisotopic (exact) mass is 483 g/mol. The molecule has 2 heterocycles. The van der Waals surface area contributed by atoms with Gasteiger partial charge in [0.2, 0.25) is 0 Å². The van der Waals surface area contributed by atoms with E-state index >= 15 is 0 Å². The van der Waals surface area contributed by atoms with Crippen LogP contribution in [0.25, 0.3) is 0 Å². The van der Waals surface area contributed by atoms with Gasteiger partial charge in [-0.15, -0.1) is 24.0 Å². The predicted molar refractivity (Wildman–Crippen MR) is 121 cm³/mol. The van der Waals surface area contributed by atoms with E-state index in [-0.39, 0.29) is 24.0 Å². The van der Waals surface area contributed by atoms with Crippen molar-refractivity contribution in [3.05, 3.63) is 42.0 Å². The molecule has 1 fully saturated rings. The van der Waals surface area contributed by atoms with Crippen LogP contribution < -0.4 is 10.2 Å². The predicted octanol–water partition coefficient (Wildman–Crippen LogP) is 2.63. The van der Waals surface area contributed by atoms with Gasteiger partial charge in [-0.2, -0.15) is 5.10 Å². The minimum Gasteiger partial charge on any atom is -0.372 e. The zero-order chi connectivity index (χ0) is 18.4. The first-order chi connectivity index (χ1) is 12.7. The minimum atomic E-state index is 0. The zero-order valence-corrected chi connectivity index (χ0v) is 18.8. The van der Waals surface area contributed by atoms with Gasteiger partial charge in [0.15, 0.2) is 5.96 Å². The van der Waals surface area contributed by atoms with E-state index in [0.29, 0.717) is 6.54 Å². The highest BCUT2D eigenvalue weighted by atomic mass is 127. The molecular formula is C19H30IN7. The summed E-state index contributed by atoms with van der Waals surface area (Å²) >= 11 is 0. The first-order valence-electron chi connectivity index (χ1n) is 9.26. The number of aryl methyl sites for hydroxylation is 1. The van der Waals surface area contributed by atoms with Crippen LogP contribution in [0.4, 0.5) is 5.69 Å². The summed E-state index contributed by atoms with van der Waals surface area (Å²) in [4.78, 5) is 13.2. The molecular weight excluding hydrogens is 453 g/mol. The number of anilines is 1. The maximum atomic E-state index is 4.37. The number of aliphatic imine (C=N–C) groups is 1. The lowest BCUT2D eigenvalue weighted by atomic mass is 10.1. The van der Waals surface area contributed by atoms with Gasteiger partial charge in [0.1, 0.15) is 12.2 Å². The number of rotatable bonds is 5. The van der Waals surface area contributed by atoms with Gasteiger partial charge in [0, 0.05) is 46.5 Å². The molecule has 148 valence electrons. The van der Waals surface area contributed by atoms with Gasteiger partial charge in [-0.25, -0.2) is 4.98 Å². The Morgan fingerprint density at radius 2 is 1.89 bits per heavy atom. The van der Waals surface area contributed by atoms with Crippen LogP contribution in [0.15, 0.2) is 35.6 Å². The molecule has 0 atom stereocenters. The Hall–Kier alpha value is -1.84. The molecule has 7 nitrogen and oxygen atoms in total. The Balaban J connectivity index is 0.00000261. The maximum absolute atomic E-state index is 4.37. The molecule has 0 spiro atoms. The van der Waals surface area contributed by atoms with Crippen molar-refractivity contribution >= 4 is 35.6 Å². The molecule has 27 heavy (non-hydrogen) atoms. The number of nitrogens with zero attached hydrogens (tertiary/aromatic N) is 6. The van der Waals surface area contributed by atoms with Crippen LogP contribution >= 0.6 is 24.0 Å². The van der Waals surface area contributed by atoms with Crippen molar-refractivity contribution in [2.24, 2.45) is 12.0 Å². The number of halogens is 1. The van der Waals surface area contributed by atoms with Crippen molar-refractivity contribution in [1.82, 2.24) is 25.0 Å². The molecule has 1 aliphatic heterocycles.